The fourth-order valence-corrected chi connectivity index (χ4v) is 4.55. The summed E-state index contributed by atoms with van der Waals surface area (Å²) >= 11 is 0. The zero-order valence-electron chi connectivity index (χ0n) is 19.6. The first-order valence-corrected chi connectivity index (χ1v) is 11.5. The number of anilines is 3. The van der Waals surface area contributed by atoms with Crippen molar-refractivity contribution in [3.05, 3.63) is 88.0 Å². The monoisotopic (exact) mass is 446 g/mol. The minimum absolute atomic E-state index is 0.125. The topological polar surface area (TPSA) is 156 Å². The second-order valence-electron chi connectivity index (χ2n) is 9.30. The Bertz CT molecular complexity index is 1030. The molecule has 3 aromatic rings. The average molecular weight is 447 g/mol. The van der Waals surface area contributed by atoms with Gasteiger partial charge in [-0.25, -0.2) is 0 Å². The summed E-state index contributed by atoms with van der Waals surface area (Å²) in [6.45, 7) is 3.71. The smallest absolute Gasteiger partial charge is 0.0320 e. The molecule has 0 aliphatic rings. The Morgan fingerprint density at radius 1 is 0.515 bits per heavy atom. The summed E-state index contributed by atoms with van der Waals surface area (Å²) in [7, 11) is 0. The summed E-state index contributed by atoms with van der Waals surface area (Å²) in [5.41, 5.74) is 45.0. The van der Waals surface area contributed by atoms with Gasteiger partial charge in [0.2, 0.25) is 0 Å². The molecule has 0 bridgehead atoms. The Morgan fingerprint density at radius 2 is 0.879 bits per heavy atom. The summed E-state index contributed by atoms with van der Waals surface area (Å²) in [5.74, 6) is 0. The normalized spacial score (nSPS) is 11.6. The largest absolute Gasteiger partial charge is 0.399 e. The lowest BCUT2D eigenvalue weighted by Crippen LogP contribution is -2.25. The van der Waals surface area contributed by atoms with Crippen LogP contribution in [-0.2, 0) is 37.9 Å². The third-order valence-electron chi connectivity index (χ3n) is 6.50. The van der Waals surface area contributed by atoms with Crippen LogP contribution in [0.2, 0.25) is 0 Å². The summed E-state index contributed by atoms with van der Waals surface area (Å²) in [4.78, 5) is 0. The lowest BCUT2D eigenvalue weighted by atomic mass is 9.73. The first-order chi connectivity index (χ1) is 15.7. The van der Waals surface area contributed by atoms with Crippen molar-refractivity contribution in [2.75, 3.05) is 17.2 Å². The summed E-state index contributed by atoms with van der Waals surface area (Å²) in [6.07, 6.45) is 3.62. The van der Waals surface area contributed by atoms with Crippen molar-refractivity contribution < 1.29 is 0 Å². The molecule has 0 fully saturated rings. The van der Waals surface area contributed by atoms with E-state index in [4.69, 9.17) is 34.4 Å². The van der Waals surface area contributed by atoms with Gasteiger partial charge in [-0.1, -0.05) is 25.1 Å². The molecule has 0 unspecified atom stereocenters. The molecule has 33 heavy (non-hydrogen) atoms. The van der Waals surface area contributed by atoms with E-state index >= 15 is 0 Å². The maximum absolute atomic E-state index is 6.25. The Kier molecular flexibility index (Phi) is 7.97. The molecule has 176 valence electrons. The van der Waals surface area contributed by atoms with E-state index in [0.29, 0.717) is 19.6 Å². The highest BCUT2D eigenvalue weighted by atomic mass is 14.6. The molecule has 6 heteroatoms. The molecule has 0 amide bonds. The van der Waals surface area contributed by atoms with Crippen LogP contribution in [0, 0.1) is 0 Å². The molecule has 6 nitrogen and oxygen atoms in total. The number of aryl methyl sites for hydroxylation is 2. The molecule has 3 rings (SSSR count). The van der Waals surface area contributed by atoms with Gasteiger partial charge in [0.05, 0.1) is 0 Å². The van der Waals surface area contributed by atoms with Gasteiger partial charge >= 0.3 is 0 Å². The van der Waals surface area contributed by atoms with Crippen LogP contribution in [0.15, 0.2) is 54.6 Å². The van der Waals surface area contributed by atoms with Crippen LogP contribution in [0.4, 0.5) is 17.1 Å². The van der Waals surface area contributed by atoms with Gasteiger partial charge in [0.15, 0.2) is 0 Å². The lowest BCUT2D eigenvalue weighted by molar-refractivity contribution is 0.401. The summed E-state index contributed by atoms with van der Waals surface area (Å²) < 4.78 is 0. The number of rotatable bonds is 10. The maximum atomic E-state index is 6.25. The molecular weight excluding hydrogens is 408 g/mol. The molecule has 3 aromatic carbocycles. The van der Waals surface area contributed by atoms with Crippen molar-refractivity contribution in [2.24, 2.45) is 17.2 Å². The molecule has 0 saturated heterocycles. The van der Waals surface area contributed by atoms with Gasteiger partial charge < -0.3 is 34.4 Å². The molecule has 0 radical (unpaired) electrons. The molecular formula is C27H38N6. The van der Waals surface area contributed by atoms with Gasteiger partial charge in [-0.3, -0.25) is 0 Å². The Morgan fingerprint density at radius 3 is 1.30 bits per heavy atom. The van der Waals surface area contributed by atoms with Crippen LogP contribution >= 0.6 is 0 Å². The lowest BCUT2D eigenvalue weighted by Gasteiger charge is -2.32. The third-order valence-corrected chi connectivity index (χ3v) is 6.50. The van der Waals surface area contributed by atoms with Crippen LogP contribution in [0.1, 0.15) is 53.1 Å². The van der Waals surface area contributed by atoms with Crippen molar-refractivity contribution in [2.45, 2.75) is 57.7 Å². The number of hydrogen-bond donors (Lipinski definition) is 6. The van der Waals surface area contributed by atoms with E-state index in [0.717, 1.165) is 59.4 Å². The van der Waals surface area contributed by atoms with E-state index in [2.05, 4.69) is 31.2 Å². The van der Waals surface area contributed by atoms with Crippen LogP contribution in [0.5, 0.6) is 0 Å². The van der Waals surface area contributed by atoms with Gasteiger partial charge in [-0.2, -0.15) is 0 Å². The van der Waals surface area contributed by atoms with E-state index in [9.17, 15) is 0 Å². The van der Waals surface area contributed by atoms with Crippen LogP contribution in [0.25, 0.3) is 0 Å². The van der Waals surface area contributed by atoms with Crippen LogP contribution in [0.3, 0.4) is 0 Å². The highest BCUT2D eigenvalue weighted by Gasteiger charge is 2.27. The van der Waals surface area contributed by atoms with Crippen molar-refractivity contribution in [1.82, 2.24) is 0 Å². The van der Waals surface area contributed by atoms with Gasteiger partial charge in [-0.05, 0) is 101 Å². The van der Waals surface area contributed by atoms with Gasteiger partial charge in [0, 0.05) is 36.7 Å². The molecule has 0 saturated carbocycles. The Balaban J connectivity index is 1.91. The van der Waals surface area contributed by atoms with Crippen LogP contribution in [-0.4, -0.2) is 0 Å². The summed E-state index contributed by atoms with van der Waals surface area (Å²) in [5, 5.41) is 0. The van der Waals surface area contributed by atoms with E-state index in [1.165, 1.54) is 16.7 Å². The molecule has 0 aliphatic carbocycles. The number of hydrogen-bond acceptors (Lipinski definition) is 6. The molecule has 0 heterocycles. The van der Waals surface area contributed by atoms with Gasteiger partial charge in [-0.15, -0.1) is 0 Å². The van der Waals surface area contributed by atoms with Gasteiger partial charge in [0.25, 0.3) is 0 Å². The highest BCUT2D eigenvalue weighted by Crippen LogP contribution is 2.36. The van der Waals surface area contributed by atoms with Crippen LogP contribution < -0.4 is 34.4 Å². The van der Waals surface area contributed by atoms with E-state index in [1.807, 2.05) is 30.3 Å². The fourth-order valence-electron chi connectivity index (χ4n) is 4.55. The Hall–Kier alpha value is -3.06. The molecule has 0 atom stereocenters. The zero-order valence-corrected chi connectivity index (χ0v) is 19.6. The number of nitrogen functional groups attached to an aromatic ring is 3. The Labute approximate surface area is 197 Å². The second-order valence-corrected chi connectivity index (χ2v) is 9.30. The third kappa shape index (κ3) is 6.48. The van der Waals surface area contributed by atoms with Crippen molar-refractivity contribution in [1.29, 1.82) is 0 Å². The first kappa shape index (κ1) is 24.6. The van der Waals surface area contributed by atoms with E-state index in [1.54, 1.807) is 0 Å². The van der Waals surface area contributed by atoms with Gasteiger partial charge in [0.1, 0.15) is 0 Å². The minimum atomic E-state index is -0.125. The maximum Gasteiger partial charge on any atom is 0.0320 e. The number of benzene rings is 3. The first-order valence-electron chi connectivity index (χ1n) is 11.5. The molecule has 0 aliphatic heterocycles. The predicted octanol–water partition coefficient (Wildman–Crippen LogP) is 3.33. The molecule has 0 aromatic heterocycles. The standard InChI is InChI=1S/C27H38N6/c1-27(23-8-22(17-30)13-26(33)14-23,4-2-18-6-20(15-28)11-24(31)9-18)5-3-19-7-21(16-29)12-25(32)10-19/h6-14H,2-5,15-17,28-33H2,1H3. The quantitative estimate of drug-likeness (QED) is 0.262. The highest BCUT2D eigenvalue weighted by molar-refractivity contribution is 5.49. The number of nitrogens with two attached hydrogens (primary N) is 6. The van der Waals surface area contributed by atoms with E-state index < -0.39 is 0 Å². The predicted molar refractivity (Wildman–Crippen MR) is 140 cm³/mol. The minimum Gasteiger partial charge on any atom is -0.399 e. The fraction of sp³-hybridized carbons (Fsp3) is 0.333. The molecule has 12 N–H and O–H groups in total. The van der Waals surface area contributed by atoms with Crippen molar-refractivity contribution >= 4 is 17.1 Å². The molecule has 0 spiro atoms. The SMILES string of the molecule is CC(CCc1cc(N)cc(CN)c1)(CCc1cc(N)cc(CN)c1)c1cc(N)cc(CN)c1. The van der Waals surface area contributed by atoms with E-state index in [-0.39, 0.29) is 5.41 Å². The second kappa shape index (κ2) is 10.7. The average Bonchev–Trinajstić information content (AvgIpc) is 2.80. The summed E-state index contributed by atoms with van der Waals surface area (Å²) in [6, 6.07) is 18.4. The van der Waals surface area contributed by atoms with Crippen molar-refractivity contribution in [3.8, 4) is 0 Å². The zero-order chi connectivity index (χ0) is 24.0. The van der Waals surface area contributed by atoms with Crippen molar-refractivity contribution in [3.63, 3.8) is 0 Å².